The van der Waals surface area contributed by atoms with Crippen LogP contribution in [0.5, 0.6) is 0 Å². The van der Waals surface area contributed by atoms with Crippen LogP contribution < -0.4 is 5.43 Å². The maximum absolute atomic E-state index is 3.93. The van der Waals surface area contributed by atoms with Crippen LogP contribution in [0.2, 0.25) is 0 Å². The van der Waals surface area contributed by atoms with Crippen molar-refractivity contribution in [2.75, 3.05) is 13.6 Å². The van der Waals surface area contributed by atoms with Gasteiger partial charge in [0.15, 0.2) is 0 Å². The Morgan fingerprint density at radius 2 is 2.50 bits per heavy atom. The molecule has 0 aromatic rings. The summed E-state index contributed by atoms with van der Waals surface area (Å²) in [6.07, 6.45) is 3.29. The first-order valence-electron chi connectivity index (χ1n) is 3.61. The van der Waals surface area contributed by atoms with Crippen molar-refractivity contribution in [1.29, 1.82) is 0 Å². The number of nitrogens with zero attached hydrogens (tertiary/aromatic N) is 1. The lowest BCUT2D eigenvalue weighted by atomic mass is 10.2. The molecule has 0 spiro atoms. The van der Waals surface area contributed by atoms with Crippen LogP contribution in [0.3, 0.4) is 0 Å². The van der Waals surface area contributed by atoms with Crippen molar-refractivity contribution in [1.82, 2.24) is 10.4 Å². The van der Waals surface area contributed by atoms with Crippen LogP contribution in [-0.4, -0.2) is 18.6 Å². The standard InChI is InChI=1S/C8H14N2/c1-4-5-8-6-9-10(3)7(8)2/h5,9H,2,4,6H2,1,3H3/b8-5-. The van der Waals surface area contributed by atoms with Gasteiger partial charge in [-0.05, 0) is 12.0 Å². The summed E-state index contributed by atoms with van der Waals surface area (Å²) in [7, 11) is 1.98. The molecule has 0 bridgehead atoms. The Kier molecular flexibility index (Phi) is 2.12. The quantitative estimate of drug-likeness (QED) is 0.587. The molecule has 0 saturated carbocycles. The van der Waals surface area contributed by atoms with Gasteiger partial charge in [0, 0.05) is 19.3 Å². The van der Waals surface area contributed by atoms with E-state index in [1.165, 1.54) is 5.57 Å². The van der Waals surface area contributed by atoms with Crippen LogP contribution in [-0.2, 0) is 0 Å². The van der Waals surface area contributed by atoms with Gasteiger partial charge in [-0.15, -0.1) is 0 Å². The fourth-order valence-electron chi connectivity index (χ4n) is 1.05. The van der Waals surface area contributed by atoms with E-state index in [4.69, 9.17) is 0 Å². The van der Waals surface area contributed by atoms with E-state index in [9.17, 15) is 0 Å². The maximum atomic E-state index is 3.93. The Morgan fingerprint density at radius 1 is 1.80 bits per heavy atom. The summed E-state index contributed by atoms with van der Waals surface area (Å²) in [5.41, 5.74) is 5.59. The molecule has 0 aliphatic carbocycles. The molecular formula is C8H14N2. The van der Waals surface area contributed by atoms with E-state index < -0.39 is 0 Å². The molecule has 0 aromatic heterocycles. The van der Waals surface area contributed by atoms with Gasteiger partial charge in [-0.1, -0.05) is 19.6 Å². The summed E-state index contributed by atoms with van der Waals surface area (Å²) >= 11 is 0. The van der Waals surface area contributed by atoms with Crippen LogP contribution >= 0.6 is 0 Å². The van der Waals surface area contributed by atoms with Crippen molar-refractivity contribution in [3.05, 3.63) is 23.9 Å². The van der Waals surface area contributed by atoms with Gasteiger partial charge in [0.2, 0.25) is 0 Å². The summed E-state index contributed by atoms with van der Waals surface area (Å²) in [4.78, 5) is 0. The fraction of sp³-hybridized carbons (Fsp3) is 0.500. The highest BCUT2D eigenvalue weighted by Gasteiger charge is 2.14. The first kappa shape index (κ1) is 7.35. The molecule has 1 saturated heterocycles. The zero-order chi connectivity index (χ0) is 7.56. The minimum absolute atomic E-state index is 0.934. The topological polar surface area (TPSA) is 15.3 Å². The molecule has 1 fully saturated rings. The van der Waals surface area contributed by atoms with Crippen molar-refractivity contribution in [2.45, 2.75) is 13.3 Å². The van der Waals surface area contributed by atoms with Gasteiger partial charge in [-0.3, -0.25) is 0 Å². The Balaban J connectivity index is 2.66. The lowest BCUT2D eigenvalue weighted by Crippen LogP contribution is -2.24. The van der Waals surface area contributed by atoms with Gasteiger partial charge in [0.1, 0.15) is 0 Å². The molecule has 0 radical (unpaired) electrons. The van der Waals surface area contributed by atoms with Gasteiger partial charge in [-0.2, -0.15) is 0 Å². The van der Waals surface area contributed by atoms with Crippen LogP contribution in [0.4, 0.5) is 0 Å². The SMILES string of the molecule is C=C1/C(=C\CC)CNN1C. The minimum Gasteiger partial charge on any atom is -0.311 e. The van der Waals surface area contributed by atoms with Gasteiger partial charge in [-0.25, -0.2) is 5.43 Å². The molecule has 0 atom stereocenters. The molecule has 0 amide bonds. The van der Waals surface area contributed by atoms with Crippen molar-refractivity contribution in [2.24, 2.45) is 0 Å². The van der Waals surface area contributed by atoms with Gasteiger partial charge >= 0.3 is 0 Å². The molecule has 1 N–H and O–H groups in total. The Hall–Kier alpha value is -0.760. The Bertz CT molecular complexity index is 170. The predicted molar refractivity (Wildman–Crippen MR) is 43.3 cm³/mol. The molecule has 0 unspecified atom stereocenters. The first-order valence-corrected chi connectivity index (χ1v) is 3.61. The molecule has 1 aliphatic heterocycles. The third kappa shape index (κ3) is 1.21. The number of rotatable bonds is 1. The first-order chi connectivity index (χ1) is 4.75. The smallest absolute Gasteiger partial charge is 0.0487 e. The second-order valence-corrected chi connectivity index (χ2v) is 2.48. The second kappa shape index (κ2) is 2.88. The molecular weight excluding hydrogens is 124 g/mol. The number of hydrogen-bond acceptors (Lipinski definition) is 2. The van der Waals surface area contributed by atoms with Crippen molar-refractivity contribution >= 4 is 0 Å². The van der Waals surface area contributed by atoms with E-state index in [-0.39, 0.29) is 0 Å². The van der Waals surface area contributed by atoms with Gasteiger partial charge in [0.05, 0.1) is 0 Å². The highest BCUT2D eigenvalue weighted by molar-refractivity contribution is 5.31. The predicted octanol–water partition coefficient (Wildman–Crippen LogP) is 1.29. The molecule has 1 aliphatic rings. The van der Waals surface area contributed by atoms with E-state index in [0.717, 1.165) is 18.7 Å². The average Bonchev–Trinajstić information content (AvgIpc) is 2.20. The summed E-state index contributed by atoms with van der Waals surface area (Å²) in [5, 5.41) is 1.96. The molecule has 10 heavy (non-hydrogen) atoms. The van der Waals surface area contributed by atoms with Crippen LogP contribution in [0.1, 0.15) is 13.3 Å². The molecule has 1 heterocycles. The van der Waals surface area contributed by atoms with E-state index in [1.807, 2.05) is 12.1 Å². The lowest BCUT2D eigenvalue weighted by Gasteiger charge is -2.09. The third-order valence-electron chi connectivity index (χ3n) is 1.73. The number of hydrogen-bond donors (Lipinski definition) is 1. The van der Waals surface area contributed by atoms with Gasteiger partial charge < -0.3 is 5.01 Å². The Labute approximate surface area is 62.2 Å². The van der Waals surface area contributed by atoms with Crippen LogP contribution in [0, 0.1) is 0 Å². The molecule has 2 heteroatoms. The van der Waals surface area contributed by atoms with Crippen LogP contribution in [0.15, 0.2) is 23.9 Å². The number of nitrogens with one attached hydrogen (secondary N) is 1. The minimum atomic E-state index is 0.934. The normalized spacial score (nSPS) is 22.8. The largest absolute Gasteiger partial charge is 0.311 e. The number of likely N-dealkylation sites (N-methyl/N-ethyl adjacent to an activating group) is 1. The molecule has 0 aromatic carbocycles. The molecule has 2 nitrogen and oxygen atoms in total. The summed E-state index contributed by atoms with van der Waals surface area (Å²) in [5.74, 6) is 0. The average molecular weight is 138 g/mol. The van der Waals surface area contributed by atoms with Crippen molar-refractivity contribution in [3.63, 3.8) is 0 Å². The summed E-state index contributed by atoms with van der Waals surface area (Å²) in [6.45, 7) is 7.00. The summed E-state index contributed by atoms with van der Waals surface area (Å²) < 4.78 is 0. The number of allylic oxidation sites excluding steroid dienone is 1. The Morgan fingerprint density at radius 3 is 2.90 bits per heavy atom. The third-order valence-corrected chi connectivity index (χ3v) is 1.73. The van der Waals surface area contributed by atoms with Crippen LogP contribution in [0.25, 0.3) is 0 Å². The fourth-order valence-corrected chi connectivity index (χ4v) is 1.05. The molecule has 56 valence electrons. The van der Waals surface area contributed by atoms with E-state index >= 15 is 0 Å². The monoisotopic (exact) mass is 138 g/mol. The molecule has 1 rings (SSSR count). The van der Waals surface area contributed by atoms with Crippen molar-refractivity contribution in [3.8, 4) is 0 Å². The van der Waals surface area contributed by atoms with E-state index in [1.54, 1.807) is 0 Å². The zero-order valence-electron chi connectivity index (χ0n) is 6.65. The number of hydrazine groups is 1. The van der Waals surface area contributed by atoms with Gasteiger partial charge in [0.25, 0.3) is 0 Å². The van der Waals surface area contributed by atoms with E-state index in [2.05, 4.69) is 25.0 Å². The highest BCUT2D eigenvalue weighted by Crippen LogP contribution is 2.15. The zero-order valence-corrected chi connectivity index (χ0v) is 6.65. The van der Waals surface area contributed by atoms with Crippen molar-refractivity contribution < 1.29 is 0 Å². The van der Waals surface area contributed by atoms with E-state index in [0.29, 0.717) is 0 Å². The second-order valence-electron chi connectivity index (χ2n) is 2.48. The maximum Gasteiger partial charge on any atom is 0.0487 e. The summed E-state index contributed by atoms with van der Waals surface area (Å²) in [6, 6.07) is 0. The lowest BCUT2D eigenvalue weighted by molar-refractivity contribution is 0.366. The highest BCUT2D eigenvalue weighted by atomic mass is 15.5.